The summed E-state index contributed by atoms with van der Waals surface area (Å²) in [4.78, 5) is 4.11. The Morgan fingerprint density at radius 3 is 3.12 bits per heavy atom. The van der Waals surface area contributed by atoms with E-state index >= 15 is 0 Å². The molecule has 16 heavy (non-hydrogen) atoms. The Morgan fingerprint density at radius 1 is 1.50 bits per heavy atom. The van der Waals surface area contributed by atoms with Gasteiger partial charge in [0.2, 0.25) is 0 Å². The topological polar surface area (TPSA) is 48.4 Å². The number of fused-ring (bicyclic) bond motifs is 1. The summed E-state index contributed by atoms with van der Waals surface area (Å²) < 4.78 is 17.2. The first-order chi connectivity index (χ1) is 7.75. The third kappa shape index (κ3) is 1.51. The molecule has 1 atom stereocenters. The van der Waals surface area contributed by atoms with Crippen LogP contribution in [0.2, 0.25) is 0 Å². The van der Waals surface area contributed by atoms with Crippen molar-refractivity contribution in [2.24, 2.45) is 0 Å². The molecule has 3 heterocycles. The summed E-state index contributed by atoms with van der Waals surface area (Å²) in [5.74, 6) is 1.56. The predicted molar refractivity (Wildman–Crippen MR) is 59.1 cm³/mol. The maximum absolute atomic E-state index is 5.55. The highest BCUT2D eigenvalue weighted by atomic mass is 79.9. The molecule has 0 saturated carbocycles. The molecular weight excluding hydrogens is 274 g/mol. The van der Waals surface area contributed by atoms with E-state index in [2.05, 4.69) is 20.9 Å². The van der Waals surface area contributed by atoms with Crippen LogP contribution in [-0.2, 0) is 11.3 Å². The molecule has 0 saturated heterocycles. The van der Waals surface area contributed by atoms with Gasteiger partial charge in [-0.05, 0) is 15.9 Å². The highest BCUT2D eigenvalue weighted by Gasteiger charge is 2.29. The van der Waals surface area contributed by atoms with Crippen molar-refractivity contribution >= 4 is 15.9 Å². The summed E-state index contributed by atoms with van der Waals surface area (Å²) in [6, 6.07) is 0. The number of nitrogens with zero attached hydrogens (tertiary/aromatic N) is 1. The van der Waals surface area contributed by atoms with E-state index in [9.17, 15) is 0 Å². The molecule has 0 spiro atoms. The van der Waals surface area contributed by atoms with Gasteiger partial charge in [0.1, 0.15) is 5.76 Å². The molecule has 4 nitrogen and oxygen atoms in total. The van der Waals surface area contributed by atoms with Crippen LogP contribution in [0.3, 0.4) is 0 Å². The molecule has 84 valence electrons. The molecule has 1 aliphatic rings. The SMILES string of the molecule is Cc1ncc(C2COCc3coc(Br)c32)o1. The Labute approximate surface area is 101 Å². The maximum Gasteiger partial charge on any atom is 0.191 e. The molecule has 0 N–H and O–H groups in total. The van der Waals surface area contributed by atoms with E-state index in [4.69, 9.17) is 13.6 Å². The number of aryl methyl sites for hydroxylation is 1. The highest BCUT2D eigenvalue weighted by Crippen LogP contribution is 2.38. The summed E-state index contributed by atoms with van der Waals surface area (Å²) in [5.41, 5.74) is 2.18. The third-order valence-corrected chi connectivity index (χ3v) is 3.35. The van der Waals surface area contributed by atoms with Gasteiger partial charge in [-0.3, -0.25) is 0 Å². The second-order valence-corrected chi connectivity index (χ2v) is 4.52. The highest BCUT2D eigenvalue weighted by molar-refractivity contribution is 9.10. The van der Waals surface area contributed by atoms with Gasteiger partial charge in [-0.2, -0.15) is 0 Å². The minimum atomic E-state index is 0.0677. The number of aromatic nitrogens is 1. The number of rotatable bonds is 1. The fourth-order valence-corrected chi connectivity index (χ4v) is 2.61. The summed E-state index contributed by atoms with van der Waals surface area (Å²) in [7, 11) is 0. The first kappa shape index (κ1) is 10.1. The number of hydrogen-bond donors (Lipinski definition) is 0. The summed E-state index contributed by atoms with van der Waals surface area (Å²) in [5, 5.41) is 0. The van der Waals surface area contributed by atoms with Crippen LogP contribution in [0.15, 0.2) is 26.0 Å². The van der Waals surface area contributed by atoms with E-state index in [0.29, 0.717) is 19.1 Å². The molecule has 0 radical (unpaired) electrons. The fourth-order valence-electron chi connectivity index (χ4n) is 1.98. The van der Waals surface area contributed by atoms with Gasteiger partial charge in [0, 0.05) is 18.1 Å². The Kier molecular flexibility index (Phi) is 2.37. The van der Waals surface area contributed by atoms with E-state index in [1.165, 1.54) is 0 Å². The van der Waals surface area contributed by atoms with Crippen LogP contribution in [0.25, 0.3) is 0 Å². The second-order valence-electron chi connectivity index (χ2n) is 3.80. The Morgan fingerprint density at radius 2 is 2.38 bits per heavy atom. The summed E-state index contributed by atoms with van der Waals surface area (Å²) in [6.45, 7) is 3.02. The van der Waals surface area contributed by atoms with Gasteiger partial charge >= 0.3 is 0 Å². The van der Waals surface area contributed by atoms with Gasteiger partial charge < -0.3 is 13.6 Å². The number of furan rings is 1. The molecule has 1 unspecified atom stereocenters. The third-order valence-electron chi connectivity index (χ3n) is 2.74. The fraction of sp³-hybridized carbons (Fsp3) is 0.364. The lowest BCUT2D eigenvalue weighted by molar-refractivity contribution is 0.0948. The lowest BCUT2D eigenvalue weighted by Gasteiger charge is -2.20. The molecule has 1 aliphatic heterocycles. The number of hydrogen-bond acceptors (Lipinski definition) is 4. The molecule has 0 bridgehead atoms. The van der Waals surface area contributed by atoms with E-state index in [1.54, 1.807) is 12.5 Å². The maximum atomic E-state index is 5.55. The van der Waals surface area contributed by atoms with Gasteiger partial charge in [-0.25, -0.2) is 4.98 Å². The quantitative estimate of drug-likeness (QED) is 0.807. The minimum Gasteiger partial charge on any atom is -0.457 e. The van der Waals surface area contributed by atoms with Crippen molar-refractivity contribution < 1.29 is 13.6 Å². The van der Waals surface area contributed by atoms with Gasteiger partial charge in [-0.15, -0.1) is 0 Å². The van der Waals surface area contributed by atoms with Crippen LogP contribution in [0.5, 0.6) is 0 Å². The Balaban J connectivity index is 2.07. The molecule has 5 heteroatoms. The first-order valence-electron chi connectivity index (χ1n) is 5.01. The monoisotopic (exact) mass is 283 g/mol. The zero-order valence-corrected chi connectivity index (χ0v) is 10.3. The average Bonchev–Trinajstić information content (AvgIpc) is 2.86. The van der Waals surface area contributed by atoms with Gasteiger partial charge in [0.05, 0.1) is 31.6 Å². The number of halogens is 1. The van der Waals surface area contributed by atoms with Crippen LogP contribution in [0, 0.1) is 6.92 Å². The van der Waals surface area contributed by atoms with Crippen LogP contribution in [0.4, 0.5) is 0 Å². The summed E-state index contributed by atoms with van der Waals surface area (Å²) >= 11 is 3.41. The number of ether oxygens (including phenoxy) is 1. The van der Waals surface area contributed by atoms with Crippen molar-refractivity contribution in [3.63, 3.8) is 0 Å². The van der Waals surface area contributed by atoms with Gasteiger partial charge in [0.15, 0.2) is 10.6 Å². The number of oxazole rings is 1. The zero-order valence-electron chi connectivity index (χ0n) is 8.70. The van der Waals surface area contributed by atoms with Crippen LogP contribution >= 0.6 is 15.9 Å². The van der Waals surface area contributed by atoms with Gasteiger partial charge in [-0.1, -0.05) is 0 Å². The predicted octanol–water partition coefficient (Wildman–Crippen LogP) is 3.00. The average molecular weight is 284 g/mol. The molecule has 0 aromatic carbocycles. The van der Waals surface area contributed by atoms with Crippen molar-refractivity contribution in [1.29, 1.82) is 0 Å². The minimum absolute atomic E-state index is 0.0677. The van der Waals surface area contributed by atoms with E-state index in [0.717, 1.165) is 21.6 Å². The van der Waals surface area contributed by atoms with Crippen molar-refractivity contribution in [3.8, 4) is 0 Å². The Hall–Kier alpha value is -1.07. The van der Waals surface area contributed by atoms with E-state index in [1.807, 2.05) is 6.92 Å². The zero-order chi connectivity index (χ0) is 11.1. The van der Waals surface area contributed by atoms with Crippen molar-refractivity contribution in [1.82, 2.24) is 4.98 Å². The van der Waals surface area contributed by atoms with Crippen LogP contribution in [0.1, 0.15) is 28.7 Å². The second kappa shape index (κ2) is 3.75. The molecule has 0 aliphatic carbocycles. The van der Waals surface area contributed by atoms with Crippen LogP contribution < -0.4 is 0 Å². The lowest BCUT2D eigenvalue weighted by Crippen LogP contribution is -2.16. The smallest absolute Gasteiger partial charge is 0.191 e. The normalized spacial score (nSPS) is 19.8. The Bertz CT molecular complexity index is 517. The molecule has 2 aromatic rings. The molecule has 2 aromatic heterocycles. The molecular formula is C11H10BrNO3. The summed E-state index contributed by atoms with van der Waals surface area (Å²) in [6.07, 6.45) is 3.46. The molecule has 0 amide bonds. The lowest BCUT2D eigenvalue weighted by atomic mass is 9.95. The van der Waals surface area contributed by atoms with Gasteiger partial charge in [0.25, 0.3) is 0 Å². The standard InChI is InChI=1S/C11H10BrNO3/c1-6-13-2-9(16-6)8-5-14-3-7-4-15-11(12)10(7)8/h2,4,8H,3,5H2,1H3. The molecule has 3 rings (SSSR count). The largest absolute Gasteiger partial charge is 0.457 e. The van der Waals surface area contributed by atoms with E-state index < -0.39 is 0 Å². The van der Waals surface area contributed by atoms with Crippen molar-refractivity contribution in [3.05, 3.63) is 39.9 Å². The van der Waals surface area contributed by atoms with E-state index in [-0.39, 0.29) is 5.92 Å². The van der Waals surface area contributed by atoms with Crippen molar-refractivity contribution in [2.45, 2.75) is 19.4 Å². The van der Waals surface area contributed by atoms with Crippen molar-refractivity contribution in [2.75, 3.05) is 6.61 Å². The van der Waals surface area contributed by atoms with Crippen LogP contribution in [-0.4, -0.2) is 11.6 Å². The molecule has 0 fully saturated rings. The first-order valence-corrected chi connectivity index (χ1v) is 5.81.